The summed E-state index contributed by atoms with van der Waals surface area (Å²) < 4.78 is 27.1. The third-order valence-electron chi connectivity index (χ3n) is 5.43. The van der Waals surface area contributed by atoms with Crippen molar-refractivity contribution in [1.29, 1.82) is 0 Å². The number of hydrogen-bond donors (Lipinski definition) is 1. The van der Waals surface area contributed by atoms with E-state index in [0.717, 1.165) is 23.7 Å². The molecular formula is C23H26N4O3S2. The molecule has 1 saturated heterocycles. The van der Waals surface area contributed by atoms with E-state index in [0.29, 0.717) is 24.5 Å². The molecule has 4 rings (SSSR count). The highest BCUT2D eigenvalue weighted by molar-refractivity contribution is 7.89. The van der Waals surface area contributed by atoms with E-state index in [4.69, 9.17) is 0 Å². The summed E-state index contributed by atoms with van der Waals surface area (Å²) >= 11 is 1.51. The van der Waals surface area contributed by atoms with Gasteiger partial charge in [-0.25, -0.2) is 13.4 Å². The molecule has 0 bridgehead atoms. The van der Waals surface area contributed by atoms with E-state index in [2.05, 4.69) is 15.2 Å². The molecule has 1 fully saturated rings. The summed E-state index contributed by atoms with van der Waals surface area (Å²) in [5, 5.41) is 5.59. The average Bonchev–Trinajstić information content (AvgIpc) is 3.23. The van der Waals surface area contributed by atoms with E-state index in [1.54, 1.807) is 24.3 Å². The molecule has 1 amide bonds. The van der Waals surface area contributed by atoms with Crippen LogP contribution in [0, 0.1) is 6.92 Å². The van der Waals surface area contributed by atoms with E-state index < -0.39 is 10.0 Å². The Morgan fingerprint density at radius 3 is 2.34 bits per heavy atom. The number of thiazole rings is 1. The van der Waals surface area contributed by atoms with Crippen LogP contribution >= 0.6 is 11.3 Å². The standard InChI is InChI=1S/C23H26N4O3S2/c1-17-3-5-18(6-4-17)23-25-20(16-31-23)15-22(28)24-19-7-9-21(10-8-19)32(29,30)27-13-11-26(2)12-14-27/h3-10,16H,11-15H2,1-2H3,(H,24,28). The van der Waals surface area contributed by atoms with Crippen LogP contribution in [-0.4, -0.2) is 61.7 Å². The molecule has 1 aliphatic rings. The minimum atomic E-state index is -3.52. The van der Waals surface area contributed by atoms with E-state index >= 15 is 0 Å². The highest BCUT2D eigenvalue weighted by atomic mass is 32.2. The number of nitrogens with zero attached hydrogens (tertiary/aromatic N) is 3. The first-order chi connectivity index (χ1) is 15.3. The molecule has 0 spiro atoms. The SMILES string of the molecule is Cc1ccc(-c2nc(CC(=O)Nc3ccc(S(=O)(=O)N4CCN(C)CC4)cc3)cs2)cc1. The Morgan fingerprint density at radius 2 is 1.69 bits per heavy atom. The maximum Gasteiger partial charge on any atom is 0.243 e. The van der Waals surface area contributed by atoms with Crippen molar-refractivity contribution in [3.63, 3.8) is 0 Å². The molecule has 1 aliphatic heterocycles. The normalized spacial score (nSPS) is 15.6. The highest BCUT2D eigenvalue weighted by Gasteiger charge is 2.27. The fourth-order valence-electron chi connectivity index (χ4n) is 3.47. The highest BCUT2D eigenvalue weighted by Crippen LogP contribution is 2.24. The number of piperazine rings is 1. The summed E-state index contributed by atoms with van der Waals surface area (Å²) in [5.74, 6) is -0.194. The molecule has 2 heterocycles. The predicted molar refractivity (Wildman–Crippen MR) is 127 cm³/mol. The van der Waals surface area contributed by atoms with E-state index in [1.807, 2.05) is 43.6 Å². The number of nitrogens with one attached hydrogen (secondary N) is 1. The van der Waals surface area contributed by atoms with Gasteiger partial charge in [0, 0.05) is 42.8 Å². The van der Waals surface area contributed by atoms with Crippen molar-refractivity contribution in [3.8, 4) is 10.6 Å². The molecule has 1 N–H and O–H groups in total. The Bertz CT molecular complexity index is 1180. The van der Waals surface area contributed by atoms with E-state index in [1.165, 1.54) is 21.2 Å². The van der Waals surface area contributed by atoms with Crippen LogP contribution in [0.5, 0.6) is 0 Å². The third-order valence-corrected chi connectivity index (χ3v) is 8.28. The van der Waals surface area contributed by atoms with Gasteiger partial charge in [0.15, 0.2) is 0 Å². The van der Waals surface area contributed by atoms with Crippen LogP contribution in [0.25, 0.3) is 10.6 Å². The molecule has 1 aromatic heterocycles. The second kappa shape index (κ2) is 9.50. The molecule has 168 valence electrons. The van der Waals surface area contributed by atoms with Crippen LogP contribution < -0.4 is 5.32 Å². The number of aromatic nitrogens is 1. The van der Waals surface area contributed by atoms with Crippen molar-refractivity contribution in [1.82, 2.24) is 14.2 Å². The Labute approximate surface area is 192 Å². The lowest BCUT2D eigenvalue weighted by Crippen LogP contribution is -2.46. The molecule has 0 atom stereocenters. The Balaban J connectivity index is 1.36. The number of carbonyl (C=O) groups excluding carboxylic acids is 1. The van der Waals surface area contributed by atoms with Gasteiger partial charge in [-0.3, -0.25) is 4.79 Å². The summed E-state index contributed by atoms with van der Waals surface area (Å²) in [5.41, 5.74) is 3.48. The van der Waals surface area contributed by atoms with Crippen LogP contribution in [0.15, 0.2) is 58.8 Å². The van der Waals surface area contributed by atoms with E-state index in [9.17, 15) is 13.2 Å². The van der Waals surface area contributed by atoms with Crippen LogP contribution in [0.4, 0.5) is 5.69 Å². The van der Waals surface area contributed by atoms with Gasteiger partial charge < -0.3 is 10.2 Å². The molecule has 0 radical (unpaired) electrons. The maximum absolute atomic E-state index is 12.8. The molecule has 3 aromatic rings. The van der Waals surface area contributed by atoms with Gasteiger partial charge in [0.2, 0.25) is 15.9 Å². The molecule has 32 heavy (non-hydrogen) atoms. The van der Waals surface area contributed by atoms with Crippen LogP contribution in [0.2, 0.25) is 0 Å². The zero-order valence-corrected chi connectivity index (χ0v) is 19.7. The van der Waals surface area contributed by atoms with Gasteiger partial charge >= 0.3 is 0 Å². The molecule has 0 aliphatic carbocycles. The van der Waals surface area contributed by atoms with Crippen LogP contribution in [0.1, 0.15) is 11.3 Å². The van der Waals surface area contributed by atoms with Gasteiger partial charge in [0.25, 0.3) is 0 Å². The first-order valence-corrected chi connectivity index (χ1v) is 12.7. The van der Waals surface area contributed by atoms with Gasteiger partial charge in [0.1, 0.15) is 5.01 Å². The minimum absolute atomic E-state index is 0.156. The number of carbonyl (C=O) groups is 1. The number of amides is 1. The summed E-state index contributed by atoms with van der Waals surface area (Å²) in [6.07, 6.45) is 0.156. The fraction of sp³-hybridized carbons (Fsp3) is 0.304. The Hall–Kier alpha value is -2.59. The fourth-order valence-corrected chi connectivity index (χ4v) is 5.72. The molecule has 7 nitrogen and oxygen atoms in total. The quantitative estimate of drug-likeness (QED) is 0.598. The van der Waals surface area contributed by atoms with Crippen molar-refractivity contribution in [2.75, 3.05) is 38.5 Å². The summed E-state index contributed by atoms with van der Waals surface area (Å²) in [6.45, 7) is 4.44. The van der Waals surface area contributed by atoms with Crippen molar-refractivity contribution < 1.29 is 13.2 Å². The van der Waals surface area contributed by atoms with Crippen molar-refractivity contribution >= 4 is 33.0 Å². The molecule has 0 saturated carbocycles. The van der Waals surface area contributed by atoms with E-state index in [-0.39, 0.29) is 17.2 Å². The number of benzene rings is 2. The smallest absolute Gasteiger partial charge is 0.243 e. The Morgan fingerprint density at radius 1 is 1.03 bits per heavy atom. The summed E-state index contributed by atoms with van der Waals surface area (Å²) in [7, 11) is -1.54. The topological polar surface area (TPSA) is 82.6 Å². The van der Waals surface area contributed by atoms with Gasteiger partial charge in [-0.15, -0.1) is 11.3 Å². The lowest BCUT2D eigenvalue weighted by atomic mass is 10.2. The molecular weight excluding hydrogens is 444 g/mol. The summed E-state index contributed by atoms with van der Waals surface area (Å²) in [6, 6.07) is 14.5. The number of rotatable bonds is 6. The largest absolute Gasteiger partial charge is 0.326 e. The number of likely N-dealkylation sites (N-methyl/N-ethyl adjacent to an activating group) is 1. The second-order valence-electron chi connectivity index (χ2n) is 7.97. The number of aryl methyl sites for hydroxylation is 1. The number of anilines is 1. The number of sulfonamides is 1. The lowest BCUT2D eigenvalue weighted by Gasteiger charge is -2.31. The predicted octanol–water partition coefficient (Wildman–Crippen LogP) is 3.24. The first-order valence-electron chi connectivity index (χ1n) is 10.4. The molecule has 2 aromatic carbocycles. The summed E-state index contributed by atoms with van der Waals surface area (Å²) in [4.78, 5) is 19.4. The second-order valence-corrected chi connectivity index (χ2v) is 10.8. The number of hydrogen-bond acceptors (Lipinski definition) is 6. The Kier molecular flexibility index (Phi) is 6.71. The maximum atomic E-state index is 12.8. The van der Waals surface area contributed by atoms with Gasteiger partial charge in [-0.1, -0.05) is 29.8 Å². The monoisotopic (exact) mass is 470 g/mol. The molecule has 0 unspecified atom stereocenters. The van der Waals surface area contributed by atoms with Crippen molar-refractivity contribution in [2.45, 2.75) is 18.2 Å². The van der Waals surface area contributed by atoms with Gasteiger partial charge in [-0.05, 0) is 38.2 Å². The zero-order chi connectivity index (χ0) is 22.7. The minimum Gasteiger partial charge on any atom is -0.326 e. The van der Waals surface area contributed by atoms with Crippen molar-refractivity contribution in [2.24, 2.45) is 0 Å². The van der Waals surface area contributed by atoms with Gasteiger partial charge in [0.05, 0.1) is 17.0 Å². The van der Waals surface area contributed by atoms with Crippen LogP contribution in [-0.2, 0) is 21.2 Å². The average molecular weight is 471 g/mol. The lowest BCUT2D eigenvalue weighted by molar-refractivity contribution is -0.115. The van der Waals surface area contributed by atoms with Crippen LogP contribution in [0.3, 0.4) is 0 Å². The zero-order valence-electron chi connectivity index (χ0n) is 18.1. The third kappa shape index (κ3) is 5.24. The first kappa shape index (κ1) is 22.6. The van der Waals surface area contributed by atoms with Crippen molar-refractivity contribution in [3.05, 3.63) is 65.2 Å². The van der Waals surface area contributed by atoms with Gasteiger partial charge in [-0.2, -0.15) is 4.31 Å². The molecule has 9 heteroatoms.